The Balaban J connectivity index is 1.69. The van der Waals surface area contributed by atoms with Crippen molar-refractivity contribution in [3.63, 3.8) is 0 Å². The highest BCUT2D eigenvalue weighted by Crippen LogP contribution is 2.33. The third-order valence-electron chi connectivity index (χ3n) is 5.72. The van der Waals surface area contributed by atoms with Crippen molar-refractivity contribution in [1.82, 2.24) is 9.88 Å². The monoisotopic (exact) mass is 500 g/mol. The van der Waals surface area contributed by atoms with Crippen LogP contribution in [0, 0.1) is 0 Å². The molecule has 4 aromatic rings. The van der Waals surface area contributed by atoms with Gasteiger partial charge in [-0.2, -0.15) is 13.2 Å². The van der Waals surface area contributed by atoms with Gasteiger partial charge in [0, 0.05) is 11.9 Å². The van der Waals surface area contributed by atoms with Gasteiger partial charge in [-0.25, -0.2) is 4.79 Å². The molecule has 2 N–H and O–H groups in total. The minimum absolute atomic E-state index is 0.00158. The minimum Gasteiger partial charge on any atom is -0.478 e. The number of halogens is 4. The highest BCUT2D eigenvalue weighted by molar-refractivity contribution is 6.38. The lowest BCUT2D eigenvalue weighted by Gasteiger charge is -2.17. The first-order chi connectivity index (χ1) is 16.6. The molecule has 0 aliphatic carbocycles. The molecule has 0 fully saturated rings. The molecule has 3 aromatic carbocycles. The minimum atomic E-state index is -4.49. The van der Waals surface area contributed by atoms with Gasteiger partial charge >= 0.3 is 12.1 Å². The maximum absolute atomic E-state index is 13.3. The van der Waals surface area contributed by atoms with Crippen molar-refractivity contribution < 1.29 is 27.9 Å². The third-order valence-corrected chi connectivity index (χ3v) is 6.11. The molecular formula is C26H20ClF3N2O3. The van der Waals surface area contributed by atoms with Crippen molar-refractivity contribution in [2.75, 3.05) is 0 Å². The van der Waals surface area contributed by atoms with Crippen molar-refractivity contribution in [2.45, 2.75) is 25.7 Å². The fourth-order valence-corrected chi connectivity index (χ4v) is 4.29. The smallest absolute Gasteiger partial charge is 0.416 e. The first-order valence-corrected chi connectivity index (χ1v) is 11.0. The zero-order valence-corrected chi connectivity index (χ0v) is 19.2. The molecule has 0 saturated carbocycles. The Bertz CT molecular complexity index is 1410. The number of aromatic nitrogens is 1. The Morgan fingerprint density at radius 2 is 1.71 bits per heavy atom. The number of carboxylic acid groups (broad SMARTS) is 1. The number of hydrogen-bond acceptors (Lipinski definition) is 2. The summed E-state index contributed by atoms with van der Waals surface area (Å²) in [6, 6.07) is 17.6. The number of benzene rings is 3. The van der Waals surface area contributed by atoms with E-state index < -0.39 is 29.7 Å². The number of hydrogen-bond donors (Lipinski definition) is 2. The fourth-order valence-electron chi connectivity index (χ4n) is 3.94. The van der Waals surface area contributed by atoms with Crippen LogP contribution in [-0.4, -0.2) is 21.6 Å². The Morgan fingerprint density at radius 1 is 1.03 bits per heavy atom. The number of rotatable bonds is 6. The summed E-state index contributed by atoms with van der Waals surface area (Å²) >= 11 is 6.59. The summed E-state index contributed by atoms with van der Waals surface area (Å²) < 4.78 is 41.3. The zero-order valence-electron chi connectivity index (χ0n) is 18.4. The summed E-state index contributed by atoms with van der Waals surface area (Å²) in [5.74, 6) is -1.56. The SMILES string of the molecule is C[C@H](NC(=O)c1c(Cl)c2ccccc2n1Cc1cccc(C(F)(F)F)c1)c1ccc(C(=O)O)cc1. The normalized spacial score (nSPS) is 12.5. The molecule has 1 aromatic heterocycles. The van der Waals surface area contributed by atoms with Gasteiger partial charge in [0.05, 0.1) is 27.7 Å². The number of alkyl halides is 3. The van der Waals surface area contributed by atoms with Gasteiger partial charge in [-0.05, 0) is 48.4 Å². The van der Waals surface area contributed by atoms with E-state index in [1.165, 1.54) is 18.2 Å². The summed E-state index contributed by atoms with van der Waals surface area (Å²) in [6.07, 6.45) is -4.49. The van der Waals surface area contributed by atoms with Crippen molar-refractivity contribution >= 4 is 34.4 Å². The van der Waals surface area contributed by atoms with Gasteiger partial charge in [0.25, 0.3) is 5.91 Å². The summed E-state index contributed by atoms with van der Waals surface area (Å²) in [5, 5.41) is 12.7. The van der Waals surface area contributed by atoms with E-state index in [9.17, 15) is 22.8 Å². The maximum atomic E-state index is 13.3. The first-order valence-electron chi connectivity index (χ1n) is 10.6. The van der Waals surface area contributed by atoms with Crippen LogP contribution in [0.15, 0.2) is 72.8 Å². The van der Waals surface area contributed by atoms with Crippen LogP contribution < -0.4 is 5.32 Å². The topological polar surface area (TPSA) is 71.3 Å². The number of aromatic carboxylic acids is 1. The molecule has 0 aliphatic heterocycles. The van der Waals surface area contributed by atoms with Crippen molar-refractivity contribution in [3.05, 3.63) is 106 Å². The predicted octanol–water partition coefficient (Wildman–Crippen LogP) is 6.55. The summed E-state index contributed by atoms with van der Waals surface area (Å²) in [4.78, 5) is 24.4. The van der Waals surface area contributed by atoms with E-state index in [0.29, 0.717) is 22.0 Å². The van der Waals surface area contributed by atoms with Gasteiger partial charge < -0.3 is 15.0 Å². The molecule has 0 spiro atoms. The molecule has 5 nitrogen and oxygen atoms in total. The van der Waals surface area contributed by atoms with Gasteiger partial charge in [0.1, 0.15) is 5.69 Å². The number of para-hydroxylation sites is 1. The van der Waals surface area contributed by atoms with Crippen molar-refractivity contribution in [1.29, 1.82) is 0 Å². The van der Waals surface area contributed by atoms with Crippen LogP contribution in [0.2, 0.25) is 5.02 Å². The quantitative estimate of drug-likeness (QED) is 0.315. The van der Waals surface area contributed by atoms with Crippen LogP contribution in [0.25, 0.3) is 10.9 Å². The average molecular weight is 501 g/mol. The van der Waals surface area contributed by atoms with E-state index in [0.717, 1.165) is 12.1 Å². The van der Waals surface area contributed by atoms with E-state index in [1.807, 2.05) is 0 Å². The molecule has 1 heterocycles. The number of fused-ring (bicyclic) bond motifs is 1. The summed E-state index contributed by atoms with van der Waals surface area (Å²) in [6.45, 7) is 1.74. The van der Waals surface area contributed by atoms with Gasteiger partial charge in [-0.3, -0.25) is 4.79 Å². The Labute approximate surface area is 203 Å². The van der Waals surface area contributed by atoms with E-state index in [4.69, 9.17) is 16.7 Å². The number of amides is 1. The molecule has 0 unspecified atom stereocenters. The van der Waals surface area contributed by atoms with E-state index in [-0.39, 0.29) is 22.8 Å². The van der Waals surface area contributed by atoms with Crippen LogP contribution >= 0.6 is 11.6 Å². The third kappa shape index (κ3) is 5.02. The average Bonchev–Trinajstić information content (AvgIpc) is 3.10. The highest BCUT2D eigenvalue weighted by atomic mass is 35.5. The number of carbonyl (C=O) groups excluding carboxylic acids is 1. The van der Waals surface area contributed by atoms with Crippen LogP contribution in [0.4, 0.5) is 13.2 Å². The Hall–Kier alpha value is -3.78. The fraction of sp³-hybridized carbons (Fsp3) is 0.154. The zero-order chi connectivity index (χ0) is 25.3. The molecule has 180 valence electrons. The van der Waals surface area contributed by atoms with E-state index >= 15 is 0 Å². The van der Waals surface area contributed by atoms with Gasteiger partial charge in [0.2, 0.25) is 0 Å². The molecule has 0 saturated heterocycles. The number of nitrogens with one attached hydrogen (secondary N) is 1. The number of carbonyl (C=O) groups is 2. The molecule has 0 aliphatic rings. The Morgan fingerprint density at radius 3 is 2.37 bits per heavy atom. The second-order valence-corrected chi connectivity index (χ2v) is 8.46. The number of carboxylic acids is 1. The van der Waals surface area contributed by atoms with E-state index in [2.05, 4.69) is 5.32 Å². The van der Waals surface area contributed by atoms with Crippen molar-refractivity contribution in [3.8, 4) is 0 Å². The molecule has 1 amide bonds. The standard InChI is InChI=1S/C26H20ClF3N2O3/c1-15(17-9-11-18(12-10-17)25(34)35)31-24(33)23-22(27)20-7-2-3-8-21(20)32(23)14-16-5-4-6-19(13-16)26(28,29)30/h2-13,15H,14H2,1H3,(H,31,33)(H,34,35)/t15-/m0/s1. The first kappa shape index (κ1) is 24.3. The van der Waals surface area contributed by atoms with Crippen LogP contribution in [0.1, 0.15) is 50.5 Å². The summed E-state index contributed by atoms with van der Waals surface area (Å²) in [7, 11) is 0. The molecule has 0 radical (unpaired) electrons. The molecular weight excluding hydrogens is 481 g/mol. The van der Waals surface area contributed by atoms with Crippen LogP contribution in [-0.2, 0) is 12.7 Å². The van der Waals surface area contributed by atoms with Gasteiger partial charge in [-0.15, -0.1) is 0 Å². The van der Waals surface area contributed by atoms with Gasteiger partial charge in [0.15, 0.2) is 0 Å². The van der Waals surface area contributed by atoms with Gasteiger partial charge in [-0.1, -0.05) is 54.1 Å². The van der Waals surface area contributed by atoms with Crippen LogP contribution in [0.5, 0.6) is 0 Å². The maximum Gasteiger partial charge on any atom is 0.416 e. The lowest BCUT2D eigenvalue weighted by atomic mass is 10.1. The highest BCUT2D eigenvalue weighted by Gasteiger charge is 2.30. The Kier molecular flexibility index (Phi) is 6.58. The van der Waals surface area contributed by atoms with Crippen molar-refractivity contribution in [2.24, 2.45) is 0 Å². The molecule has 35 heavy (non-hydrogen) atoms. The molecule has 4 rings (SSSR count). The molecule has 1 atom stereocenters. The van der Waals surface area contributed by atoms with E-state index in [1.54, 1.807) is 54.0 Å². The lowest BCUT2D eigenvalue weighted by molar-refractivity contribution is -0.137. The largest absolute Gasteiger partial charge is 0.478 e. The number of nitrogens with zero attached hydrogens (tertiary/aromatic N) is 1. The molecule has 0 bridgehead atoms. The lowest BCUT2D eigenvalue weighted by Crippen LogP contribution is -2.29. The second kappa shape index (κ2) is 9.46. The predicted molar refractivity (Wildman–Crippen MR) is 127 cm³/mol. The second-order valence-electron chi connectivity index (χ2n) is 8.09. The molecule has 9 heteroatoms. The summed E-state index contributed by atoms with van der Waals surface area (Å²) in [5.41, 5.74) is 1.12. The van der Waals surface area contributed by atoms with Crippen LogP contribution in [0.3, 0.4) is 0 Å².